The van der Waals surface area contributed by atoms with E-state index in [-0.39, 0.29) is 5.41 Å². The molecule has 0 fully saturated rings. The van der Waals surface area contributed by atoms with Crippen LogP contribution in [0, 0.1) is 13.8 Å². The number of aromatic hydroxyl groups is 1. The second-order valence-electron chi connectivity index (χ2n) is 8.50. The zero-order valence-corrected chi connectivity index (χ0v) is 19.2. The Labute approximate surface area is 176 Å². The molecule has 3 aromatic carbocycles. The molecule has 0 bridgehead atoms. The lowest BCUT2D eigenvalue weighted by Gasteiger charge is -2.22. The summed E-state index contributed by atoms with van der Waals surface area (Å²) in [6.45, 7) is 10.8. The summed E-state index contributed by atoms with van der Waals surface area (Å²) >= 11 is 0. The molecule has 0 aliphatic heterocycles. The van der Waals surface area contributed by atoms with E-state index in [1.54, 1.807) is 0 Å². The van der Waals surface area contributed by atoms with E-state index in [1.807, 2.05) is 32.2 Å². The largest absolute Gasteiger partial charge is 0.507 e. The van der Waals surface area contributed by atoms with E-state index in [9.17, 15) is 5.11 Å². The Bertz CT molecular complexity index is 1050. The van der Waals surface area contributed by atoms with Crippen LogP contribution in [0.1, 0.15) is 48.6 Å². The van der Waals surface area contributed by atoms with Gasteiger partial charge in [-0.05, 0) is 47.3 Å². The summed E-state index contributed by atoms with van der Waals surface area (Å²) < 4.78 is 0. The van der Waals surface area contributed by atoms with Crippen molar-refractivity contribution >= 4 is 24.9 Å². The highest BCUT2D eigenvalue weighted by molar-refractivity contribution is 7.56. The number of rotatable bonds is 4. The Hall–Kier alpha value is -2.44. The Morgan fingerprint density at radius 1 is 0.897 bits per heavy atom. The predicted molar refractivity (Wildman–Crippen MR) is 128 cm³/mol. The molecule has 1 atom stereocenters. The van der Waals surface area contributed by atoms with Crippen molar-refractivity contribution in [2.75, 3.05) is 7.05 Å². The van der Waals surface area contributed by atoms with Crippen molar-refractivity contribution in [3.63, 3.8) is 0 Å². The molecule has 0 radical (unpaired) electrons. The molecule has 1 N–H and O–H groups in total. The van der Waals surface area contributed by atoms with Crippen LogP contribution in [0.25, 0.3) is 0 Å². The summed E-state index contributed by atoms with van der Waals surface area (Å²) in [4.78, 5) is 4.63. The zero-order valence-electron chi connectivity index (χ0n) is 18.2. The third kappa shape index (κ3) is 4.60. The number of hydrogen-bond donors (Lipinski definition) is 1. The van der Waals surface area contributed by atoms with Crippen LogP contribution in [0.2, 0.25) is 0 Å². The van der Waals surface area contributed by atoms with Gasteiger partial charge in [-0.1, -0.05) is 83.9 Å². The van der Waals surface area contributed by atoms with Crippen molar-refractivity contribution in [3.05, 3.63) is 88.5 Å². The highest BCUT2D eigenvalue weighted by atomic mass is 31.1. The predicted octanol–water partition coefficient (Wildman–Crippen LogP) is 5.40. The second kappa shape index (κ2) is 8.51. The molecule has 0 aliphatic carbocycles. The van der Waals surface area contributed by atoms with Crippen LogP contribution < -0.4 is 10.6 Å². The molecule has 29 heavy (non-hydrogen) atoms. The fourth-order valence-electron chi connectivity index (χ4n) is 3.47. The number of phenols is 1. The van der Waals surface area contributed by atoms with Gasteiger partial charge in [0.15, 0.2) is 0 Å². The van der Waals surface area contributed by atoms with E-state index < -0.39 is 0 Å². The molecule has 0 saturated carbocycles. The van der Waals surface area contributed by atoms with E-state index in [0.29, 0.717) is 14.3 Å². The summed E-state index contributed by atoms with van der Waals surface area (Å²) in [5, 5.41) is 13.0. The third-order valence-electron chi connectivity index (χ3n) is 5.22. The first-order valence-corrected chi connectivity index (χ1v) is 11.0. The van der Waals surface area contributed by atoms with Gasteiger partial charge in [-0.15, -0.1) is 0 Å². The van der Waals surface area contributed by atoms with Gasteiger partial charge in [-0.3, -0.25) is 4.99 Å². The quantitative estimate of drug-likeness (QED) is 0.459. The fourth-order valence-corrected chi connectivity index (χ4v) is 4.90. The van der Waals surface area contributed by atoms with Gasteiger partial charge in [0, 0.05) is 23.5 Å². The van der Waals surface area contributed by atoms with Crippen LogP contribution >= 0.6 is 8.58 Å². The van der Waals surface area contributed by atoms with Gasteiger partial charge in [-0.25, -0.2) is 0 Å². The van der Waals surface area contributed by atoms with Gasteiger partial charge in [0.05, 0.1) is 5.71 Å². The van der Waals surface area contributed by atoms with Crippen LogP contribution in [-0.4, -0.2) is 17.9 Å². The van der Waals surface area contributed by atoms with Crippen LogP contribution in [-0.2, 0) is 5.41 Å². The lowest BCUT2D eigenvalue weighted by Crippen LogP contribution is -2.20. The highest BCUT2D eigenvalue weighted by Gasteiger charge is 2.20. The van der Waals surface area contributed by atoms with Gasteiger partial charge in [-0.2, -0.15) is 0 Å². The standard InChI is InChI=1S/C26H30NOP/c1-17-11-10-14-21(23(27-6)19-12-8-7-9-13-19)25(17)29-22-16-20(26(3,4)5)15-18(2)24(22)28/h7-16,28-29H,1-6H3/b27-23+. The van der Waals surface area contributed by atoms with Crippen LogP contribution in [0.4, 0.5) is 0 Å². The van der Waals surface area contributed by atoms with Gasteiger partial charge in [0.1, 0.15) is 5.75 Å². The molecule has 0 aromatic heterocycles. The maximum atomic E-state index is 10.8. The van der Waals surface area contributed by atoms with E-state index >= 15 is 0 Å². The zero-order chi connectivity index (χ0) is 21.2. The molecule has 3 aromatic rings. The molecule has 0 aliphatic rings. The van der Waals surface area contributed by atoms with E-state index in [0.717, 1.165) is 27.7 Å². The number of nitrogens with zero attached hydrogens (tertiary/aromatic N) is 1. The van der Waals surface area contributed by atoms with Crippen molar-refractivity contribution in [3.8, 4) is 5.75 Å². The first kappa shape index (κ1) is 21.3. The number of phenolic OH excluding ortho intramolecular Hbond substituents is 1. The first-order chi connectivity index (χ1) is 13.7. The smallest absolute Gasteiger partial charge is 0.126 e. The average molecular weight is 404 g/mol. The Kier molecular flexibility index (Phi) is 6.24. The summed E-state index contributed by atoms with van der Waals surface area (Å²) in [7, 11) is 2.20. The molecule has 0 amide bonds. The van der Waals surface area contributed by atoms with Crippen LogP contribution in [0.5, 0.6) is 5.75 Å². The molecule has 3 rings (SSSR count). The molecular weight excluding hydrogens is 373 g/mol. The second-order valence-corrected chi connectivity index (χ2v) is 9.79. The molecule has 0 saturated heterocycles. The summed E-state index contributed by atoms with van der Waals surface area (Å²) in [6, 6.07) is 20.9. The highest BCUT2D eigenvalue weighted by Crippen LogP contribution is 2.31. The third-order valence-corrected chi connectivity index (χ3v) is 6.79. The van der Waals surface area contributed by atoms with E-state index in [1.165, 1.54) is 16.4 Å². The van der Waals surface area contributed by atoms with Crippen molar-refractivity contribution < 1.29 is 5.11 Å². The molecule has 2 nitrogen and oxygen atoms in total. The number of aliphatic imine (C=N–C) groups is 1. The minimum Gasteiger partial charge on any atom is -0.507 e. The molecule has 3 heteroatoms. The van der Waals surface area contributed by atoms with Gasteiger partial charge in [0.25, 0.3) is 0 Å². The fraction of sp³-hybridized carbons (Fsp3) is 0.269. The van der Waals surface area contributed by atoms with Gasteiger partial charge < -0.3 is 5.11 Å². The van der Waals surface area contributed by atoms with E-state index in [2.05, 4.69) is 75.2 Å². The summed E-state index contributed by atoms with van der Waals surface area (Å²) in [5.74, 6) is 0.403. The molecule has 0 heterocycles. The first-order valence-electron chi connectivity index (χ1n) is 9.95. The number of aryl methyl sites for hydroxylation is 2. The van der Waals surface area contributed by atoms with E-state index in [4.69, 9.17) is 0 Å². The van der Waals surface area contributed by atoms with Crippen LogP contribution in [0.15, 0.2) is 65.7 Å². The molecule has 1 unspecified atom stereocenters. The Morgan fingerprint density at radius 2 is 1.59 bits per heavy atom. The minimum atomic E-state index is 0.0341. The summed E-state index contributed by atoms with van der Waals surface area (Å²) in [5.41, 5.74) is 6.66. The number of benzene rings is 3. The van der Waals surface area contributed by atoms with Crippen molar-refractivity contribution in [1.82, 2.24) is 0 Å². The maximum absolute atomic E-state index is 10.8. The summed E-state index contributed by atoms with van der Waals surface area (Å²) in [6.07, 6.45) is 0. The van der Waals surface area contributed by atoms with Crippen molar-refractivity contribution in [2.24, 2.45) is 4.99 Å². The minimum absolute atomic E-state index is 0.0341. The number of hydrogen-bond acceptors (Lipinski definition) is 2. The molecule has 0 spiro atoms. The SMILES string of the molecule is C/N=C(\c1ccccc1)c1cccc(C)c1Pc1cc(C(C)(C)C)cc(C)c1O. The molecular formula is C26H30NOP. The van der Waals surface area contributed by atoms with Gasteiger partial charge >= 0.3 is 0 Å². The topological polar surface area (TPSA) is 32.6 Å². The average Bonchev–Trinajstić information content (AvgIpc) is 2.68. The monoisotopic (exact) mass is 403 g/mol. The van der Waals surface area contributed by atoms with Crippen LogP contribution in [0.3, 0.4) is 0 Å². The lowest BCUT2D eigenvalue weighted by molar-refractivity contribution is 0.474. The normalized spacial score (nSPS) is 12.7. The molecule has 150 valence electrons. The van der Waals surface area contributed by atoms with Gasteiger partial charge in [0.2, 0.25) is 0 Å². The van der Waals surface area contributed by atoms with Crippen molar-refractivity contribution in [1.29, 1.82) is 0 Å². The maximum Gasteiger partial charge on any atom is 0.126 e. The Morgan fingerprint density at radius 3 is 2.21 bits per heavy atom. The lowest BCUT2D eigenvalue weighted by atomic mass is 9.86. The van der Waals surface area contributed by atoms with Crippen molar-refractivity contribution in [2.45, 2.75) is 40.0 Å². The Balaban J connectivity index is 2.14.